The molecule has 0 bridgehead atoms. The van der Waals surface area contributed by atoms with Crippen LogP contribution in [0.1, 0.15) is 19.8 Å². The Bertz CT molecular complexity index is 239. The maximum atomic E-state index is 11.0. The number of primary amides is 1. The number of rotatable bonds is 5. The van der Waals surface area contributed by atoms with E-state index in [1.54, 1.807) is 0 Å². The summed E-state index contributed by atoms with van der Waals surface area (Å²) in [4.78, 5) is 21.3. The fourth-order valence-corrected chi connectivity index (χ4v) is 1.52. The van der Waals surface area contributed by atoms with Crippen LogP contribution in [0.25, 0.3) is 0 Å². The lowest BCUT2D eigenvalue weighted by Gasteiger charge is -2.35. The molecular formula is C9H17N3O3. The number of ether oxygens (including phenoxy) is 1. The van der Waals surface area contributed by atoms with Crippen molar-refractivity contribution in [3.8, 4) is 0 Å². The Balaban J connectivity index is 2.03. The topological polar surface area (TPSA) is 93.4 Å². The predicted molar refractivity (Wildman–Crippen MR) is 54.2 cm³/mol. The molecule has 0 aromatic heterocycles. The lowest BCUT2D eigenvalue weighted by Crippen LogP contribution is -2.49. The van der Waals surface area contributed by atoms with Gasteiger partial charge in [0.1, 0.15) is 0 Å². The van der Waals surface area contributed by atoms with E-state index in [1.165, 1.54) is 0 Å². The van der Waals surface area contributed by atoms with Crippen molar-refractivity contribution < 1.29 is 14.3 Å². The van der Waals surface area contributed by atoms with Gasteiger partial charge in [0.25, 0.3) is 0 Å². The lowest BCUT2D eigenvalue weighted by atomic mass is 9.89. The molecule has 6 nitrogen and oxygen atoms in total. The Morgan fingerprint density at radius 2 is 2.13 bits per heavy atom. The second kappa shape index (κ2) is 5.67. The van der Waals surface area contributed by atoms with Crippen molar-refractivity contribution in [1.82, 2.24) is 10.6 Å². The van der Waals surface area contributed by atoms with Crippen LogP contribution in [0, 0.1) is 0 Å². The Labute approximate surface area is 88.5 Å². The maximum absolute atomic E-state index is 11.0. The molecule has 86 valence electrons. The average molecular weight is 215 g/mol. The first-order chi connectivity index (χ1) is 7.11. The van der Waals surface area contributed by atoms with E-state index < -0.39 is 11.9 Å². The summed E-state index contributed by atoms with van der Waals surface area (Å²) in [6.07, 6.45) is 2.14. The average Bonchev–Trinajstić information content (AvgIpc) is 2.07. The van der Waals surface area contributed by atoms with Crippen LogP contribution < -0.4 is 16.4 Å². The summed E-state index contributed by atoms with van der Waals surface area (Å²) in [7, 11) is 0. The van der Waals surface area contributed by atoms with Crippen LogP contribution in [-0.2, 0) is 9.53 Å². The third-order valence-corrected chi connectivity index (χ3v) is 2.31. The third-order valence-electron chi connectivity index (χ3n) is 2.31. The highest BCUT2D eigenvalue weighted by molar-refractivity contribution is 5.94. The molecule has 0 aliphatic heterocycles. The minimum Gasteiger partial charge on any atom is -0.378 e. The Hall–Kier alpha value is -1.14. The third kappa shape index (κ3) is 4.26. The largest absolute Gasteiger partial charge is 0.378 e. The van der Waals surface area contributed by atoms with E-state index in [0.717, 1.165) is 19.4 Å². The minimum atomic E-state index is -0.817. The fraction of sp³-hybridized carbons (Fsp3) is 0.778. The molecular weight excluding hydrogens is 198 g/mol. The van der Waals surface area contributed by atoms with Gasteiger partial charge in [-0.3, -0.25) is 10.1 Å². The van der Waals surface area contributed by atoms with Crippen molar-refractivity contribution in [2.75, 3.05) is 13.2 Å². The highest BCUT2D eigenvalue weighted by Crippen LogP contribution is 2.22. The summed E-state index contributed by atoms with van der Waals surface area (Å²) in [5.41, 5.74) is 4.79. The highest BCUT2D eigenvalue weighted by atomic mass is 16.5. The van der Waals surface area contributed by atoms with Gasteiger partial charge in [-0.15, -0.1) is 0 Å². The Morgan fingerprint density at radius 1 is 1.47 bits per heavy atom. The van der Waals surface area contributed by atoms with Gasteiger partial charge < -0.3 is 15.8 Å². The molecule has 1 rings (SSSR count). The Morgan fingerprint density at radius 3 is 2.67 bits per heavy atom. The van der Waals surface area contributed by atoms with Gasteiger partial charge in [-0.2, -0.15) is 0 Å². The number of nitrogens with two attached hydrogens (primary N) is 1. The summed E-state index contributed by atoms with van der Waals surface area (Å²) in [6, 6.07) is -0.511. The van der Waals surface area contributed by atoms with E-state index in [1.807, 2.05) is 12.2 Å². The number of urea groups is 1. The first-order valence-electron chi connectivity index (χ1n) is 5.06. The first kappa shape index (κ1) is 11.9. The van der Waals surface area contributed by atoms with E-state index in [0.29, 0.717) is 12.1 Å². The molecule has 0 heterocycles. The fourth-order valence-electron chi connectivity index (χ4n) is 1.52. The standard InChI is InChI=1S/C9H17N3O3/c1-2-15-7-3-6(4-7)11-5-8(13)12-9(10)14/h6-7,11H,2-5H2,1H3,(H3,10,12,13,14). The van der Waals surface area contributed by atoms with Crippen molar-refractivity contribution in [3.05, 3.63) is 0 Å². The smallest absolute Gasteiger partial charge is 0.318 e. The monoisotopic (exact) mass is 215 g/mol. The molecule has 0 unspecified atom stereocenters. The zero-order valence-electron chi connectivity index (χ0n) is 8.79. The van der Waals surface area contributed by atoms with Gasteiger partial charge in [0.05, 0.1) is 12.6 Å². The van der Waals surface area contributed by atoms with Gasteiger partial charge >= 0.3 is 6.03 Å². The van der Waals surface area contributed by atoms with Gasteiger partial charge in [-0.1, -0.05) is 0 Å². The summed E-state index contributed by atoms with van der Waals surface area (Å²) in [5, 5.41) is 5.00. The van der Waals surface area contributed by atoms with E-state index in [-0.39, 0.29) is 6.54 Å². The molecule has 4 N–H and O–H groups in total. The molecule has 3 amide bonds. The van der Waals surface area contributed by atoms with Gasteiger partial charge in [-0.25, -0.2) is 4.79 Å². The number of carbonyl (C=O) groups excluding carboxylic acids is 2. The van der Waals surface area contributed by atoms with Crippen LogP contribution in [0.15, 0.2) is 0 Å². The second-order valence-corrected chi connectivity index (χ2v) is 3.54. The number of hydrogen-bond acceptors (Lipinski definition) is 4. The van der Waals surface area contributed by atoms with Gasteiger partial charge in [0.15, 0.2) is 0 Å². The van der Waals surface area contributed by atoms with Crippen LogP contribution in [0.5, 0.6) is 0 Å². The van der Waals surface area contributed by atoms with Crippen LogP contribution in [0.4, 0.5) is 4.79 Å². The van der Waals surface area contributed by atoms with Gasteiger partial charge in [-0.05, 0) is 19.8 Å². The number of imide groups is 1. The quantitative estimate of drug-likeness (QED) is 0.567. The van der Waals surface area contributed by atoms with Crippen molar-refractivity contribution in [2.24, 2.45) is 5.73 Å². The van der Waals surface area contributed by atoms with E-state index in [2.05, 4.69) is 5.32 Å². The SMILES string of the molecule is CCOC1CC(NCC(=O)NC(N)=O)C1. The van der Waals surface area contributed by atoms with E-state index in [9.17, 15) is 9.59 Å². The van der Waals surface area contributed by atoms with E-state index >= 15 is 0 Å². The number of hydrogen-bond donors (Lipinski definition) is 3. The van der Waals surface area contributed by atoms with E-state index in [4.69, 9.17) is 10.5 Å². The van der Waals surface area contributed by atoms with Crippen LogP contribution in [0.3, 0.4) is 0 Å². The molecule has 0 saturated heterocycles. The summed E-state index contributed by atoms with van der Waals surface area (Å²) < 4.78 is 5.36. The molecule has 6 heteroatoms. The molecule has 0 radical (unpaired) electrons. The van der Waals surface area contributed by atoms with Gasteiger partial charge in [0, 0.05) is 12.6 Å². The summed E-state index contributed by atoms with van der Waals surface area (Å²) in [6.45, 7) is 2.80. The predicted octanol–water partition coefficient (Wildman–Crippen LogP) is -0.662. The number of carbonyl (C=O) groups is 2. The van der Waals surface area contributed by atoms with Gasteiger partial charge in [0.2, 0.25) is 5.91 Å². The maximum Gasteiger partial charge on any atom is 0.318 e. The van der Waals surface area contributed by atoms with Crippen molar-refractivity contribution in [3.63, 3.8) is 0 Å². The summed E-state index contributed by atoms with van der Waals surface area (Å²) >= 11 is 0. The number of amides is 3. The molecule has 1 aliphatic rings. The normalized spacial score (nSPS) is 24.3. The molecule has 0 atom stereocenters. The second-order valence-electron chi connectivity index (χ2n) is 3.54. The van der Waals surface area contributed by atoms with Crippen LogP contribution in [0.2, 0.25) is 0 Å². The molecule has 0 aromatic carbocycles. The molecule has 1 aliphatic carbocycles. The highest BCUT2D eigenvalue weighted by Gasteiger charge is 2.29. The lowest BCUT2D eigenvalue weighted by molar-refractivity contribution is -0.119. The molecule has 0 aromatic rings. The zero-order chi connectivity index (χ0) is 11.3. The Kier molecular flexibility index (Phi) is 4.51. The molecule has 15 heavy (non-hydrogen) atoms. The first-order valence-corrected chi connectivity index (χ1v) is 5.06. The van der Waals surface area contributed by atoms with Crippen molar-refractivity contribution >= 4 is 11.9 Å². The van der Waals surface area contributed by atoms with Crippen molar-refractivity contribution in [2.45, 2.75) is 31.9 Å². The van der Waals surface area contributed by atoms with Crippen LogP contribution in [-0.4, -0.2) is 37.2 Å². The molecule has 0 spiro atoms. The zero-order valence-corrected chi connectivity index (χ0v) is 8.79. The number of nitrogens with one attached hydrogen (secondary N) is 2. The summed E-state index contributed by atoms with van der Waals surface area (Å²) in [5.74, 6) is -0.401. The molecule has 1 fully saturated rings. The van der Waals surface area contributed by atoms with Crippen LogP contribution >= 0.6 is 0 Å². The van der Waals surface area contributed by atoms with Crippen molar-refractivity contribution in [1.29, 1.82) is 0 Å². The molecule has 1 saturated carbocycles. The minimum absolute atomic E-state index is 0.118.